The van der Waals surface area contributed by atoms with Crippen LogP contribution < -0.4 is 0 Å². The Morgan fingerprint density at radius 1 is 1.27 bits per heavy atom. The van der Waals surface area contributed by atoms with E-state index in [1.54, 1.807) is 0 Å². The second-order valence-corrected chi connectivity index (χ2v) is 10.4. The number of methoxy groups -OCH3 is 1. The van der Waals surface area contributed by atoms with Gasteiger partial charge in [0.15, 0.2) is 0 Å². The number of halogens is 3. The molecule has 0 N–H and O–H groups in total. The predicted molar refractivity (Wildman–Crippen MR) is 73.8 cm³/mol. The van der Waals surface area contributed by atoms with Gasteiger partial charge in [0.2, 0.25) is 0 Å². The van der Waals surface area contributed by atoms with Gasteiger partial charge in [0.25, 0.3) is 0 Å². The van der Waals surface area contributed by atoms with E-state index in [2.05, 4.69) is 54.7 Å². The summed E-state index contributed by atoms with van der Waals surface area (Å²) in [4.78, 5) is 11.5. The number of hydrogen-bond donors (Lipinski definition) is 0. The van der Waals surface area contributed by atoms with Crippen LogP contribution in [0.15, 0.2) is 0 Å². The number of carbonyl (C=O) groups is 1. The molecule has 5 heteroatoms. The van der Waals surface area contributed by atoms with Crippen molar-refractivity contribution in [3.05, 3.63) is 0 Å². The van der Waals surface area contributed by atoms with Gasteiger partial charge < -0.3 is 4.74 Å². The maximum Gasteiger partial charge on any atom is 0.311 e. The van der Waals surface area contributed by atoms with Crippen molar-refractivity contribution in [2.75, 3.05) is 7.11 Å². The number of rotatable bonds is 6. The third-order valence-electron chi connectivity index (χ3n) is 2.23. The van der Waals surface area contributed by atoms with E-state index in [4.69, 9.17) is 4.74 Å². The van der Waals surface area contributed by atoms with Gasteiger partial charge in [-0.3, -0.25) is 4.79 Å². The lowest BCUT2D eigenvalue weighted by Gasteiger charge is -2.22. The number of ether oxygens (including phenoxy) is 1. The lowest BCUT2D eigenvalue weighted by Crippen LogP contribution is -2.27. The summed E-state index contributed by atoms with van der Waals surface area (Å²) in [5.41, 5.74) is 0. The standard InChI is InChI=1S/C10H17Br3O2/c1-3-4-5-6-7-8(9(14)15-2)10(11,12)13/h8H,3-7H2,1-2H3. The quantitative estimate of drug-likeness (QED) is 0.365. The van der Waals surface area contributed by atoms with Crippen LogP contribution in [0.3, 0.4) is 0 Å². The smallest absolute Gasteiger partial charge is 0.311 e. The fourth-order valence-electron chi connectivity index (χ4n) is 1.33. The van der Waals surface area contributed by atoms with Crippen molar-refractivity contribution in [1.82, 2.24) is 0 Å². The Kier molecular flexibility index (Phi) is 8.56. The van der Waals surface area contributed by atoms with Crippen LogP contribution in [0, 0.1) is 5.92 Å². The van der Waals surface area contributed by atoms with Crippen molar-refractivity contribution in [2.24, 2.45) is 5.92 Å². The maximum atomic E-state index is 11.5. The zero-order valence-corrected chi connectivity index (χ0v) is 13.8. The molecule has 90 valence electrons. The first kappa shape index (κ1) is 15.9. The van der Waals surface area contributed by atoms with Crippen LogP contribution in [-0.4, -0.2) is 15.2 Å². The number of carbonyl (C=O) groups excluding carboxylic acids is 1. The molecule has 0 aliphatic heterocycles. The van der Waals surface area contributed by atoms with E-state index >= 15 is 0 Å². The molecule has 0 heterocycles. The Labute approximate surface area is 117 Å². The number of esters is 1. The highest BCUT2D eigenvalue weighted by atomic mass is 80.0. The zero-order chi connectivity index (χ0) is 11.9. The highest BCUT2D eigenvalue weighted by Gasteiger charge is 2.36. The highest BCUT2D eigenvalue weighted by molar-refractivity contribution is 9.39. The Bertz CT molecular complexity index is 190. The number of hydrogen-bond acceptors (Lipinski definition) is 2. The summed E-state index contributed by atoms with van der Waals surface area (Å²) in [6.45, 7) is 2.17. The maximum absolute atomic E-state index is 11.5. The molecule has 1 unspecified atom stereocenters. The summed E-state index contributed by atoms with van der Waals surface area (Å²) < 4.78 is 4.22. The first-order chi connectivity index (χ1) is 6.93. The van der Waals surface area contributed by atoms with Crippen LogP contribution >= 0.6 is 47.8 Å². The largest absolute Gasteiger partial charge is 0.469 e. The molecular formula is C10H17Br3O2. The second-order valence-electron chi connectivity index (χ2n) is 3.47. The minimum absolute atomic E-state index is 0.197. The van der Waals surface area contributed by atoms with Gasteiger partial charge in [0.05, 0.1) is 13.0 Å². The zero-order valence-electron chi connectivity index (χ0n) is 9.06. The molecule has 0 radical (unpaired) electrons. The van der Waals surface area contributed by atoms with Crippen LogP contribution in [-0.2, 0) is 9.53 Å². The monoisotopic (exact) mass is 406 g/mol. The van der Waals surface area contributed by atoms with Gasteiger partial charge in [0, 0.05) is 0 Å². The molecule has 2 nitrogen and oxygen atoms in total. The molecular weight excluding hydrogens is 392 g/mol. The summed E-state index contributed by atoms with van der Waals surface area (Å²) in [5, 5.41) is 0. The van der Waals surface area contributed by atoms with Crippen molar-refractivity contribution in [2.45, 2.75) is 41.2 Å². The summed E-state index contributed by atoms with van der Waals surface area (Å²) in [7, 11) is 1.42. The number of alkyl halides is 3. The van der Waals surface area contributed by atoms with Gasteiger partial charge in [-0.05, 0) is 6.42 Å². The van der Waals surface area contributed by atoms with Crippen molar-refractivity contribution >= 4 is 53.8 Å². The van der Waals surface area contributed by atoms with E-state index in [1.165, 1.54) is 20.0 Å². The first-order valence-corrected chi connectivity index (χ1v) is 7.46. The van der Waals surface area contributed by atoms with E-state index in [9.17, 15) is 4.79 Å². The summed E-state index contributed by atoms with van der Waals surface area (Å²) in [6.07, 6.45) is 5.43. The fourth-order valence-corrected chi connectivity index (χ4v) is 2.58. The molecule has 0 aromatic rings. The van der Waals surface area contributed by atoms with Crippen LogP contribution in [0.2, 0.25) is 0 Å². The van der Waals surface area contributed by atoms with Crippen molar-refractivity contribution in [3.8, 4) is 0 Å². The molecule has 0 aromatic carbocycles. The molecule has 0 aliphatic rings. The summed E-state index contributed by atoms with van der Waals surface area (Å²) in [5.74, 6) is -0.406. The minimum Gasteiger partial charge on any atom is -0.469 e. The molecule has 0 rings (SSSR count). The molecule has 0 bridgehead atoms. The van der Waals surface area contributed by atoms with Gasteiger partial charge in [0.1, 0.15) is 2.14 Å². The van der Waals surface area contributed by atoms with E-state index < -0.39 is 2.14 Å². The van der Waals surface area contributed by atoms with Gasteiger partial charge in [-0.2, -0.15) is 0 Å². The topological polar surface area (TPSA) is 26.3 Å². The molecule has 0 saturated heterocycles. The van der Waals surface area contributed by atoms with E-state index in [-0.39, 0.29) is 11.9 Å². The Balaban J connectivity index is 4.09. The van der Waals surface area contributed by atoms with Crippen LogP contribution in [0.5, 0.6) is 0 Å². The van der Waals surface area contributed by atoms with Crippen molar-refractivity contribution < 1.29 is 9.53 Å². The molecule has 0 fully saturated rings. The van der Waals surface area contributed by atoms with Gasteiger partial charge >= 0.3 is 5.97 Å². The Morgan fingerprint density at radius 2 is 1.87 bits per heavy atom. The summed E-state index contributed by atoms with van der Waals surface area (Å²) >= 11 is 10.2. The van der Waals surface area contributed by atoms with Crippen molar-refractivity contribution in [3.63, 3.8) is 0 Å². The molecule has 1 atom stereocenters. The SMILES string of the molecule is CCCCCCC(C(=O)OC)C(Br)(Br)Br. The Morgan fingerprint density at radius 3 is 2.27 bits per heavy atom. The molecule has 0 aliphatic carbocycles. The van der Waals surface area contributed by atoms with E-state index in [1.807, 2.05) is 0 Å². The molecule has 0 saturated carbocycles. The van der Waals surface area contributed by atoms with Crippen LogP contribution in [0.25, 0.3) is 0 Å². The lowest BCUT2D eigenvalue weighted by molar-refractivity contribution is -0.145. The molecule has 15 heavy (non-hydrogen) atoms. The average Bonchev–Trinajstić information content (AvgIpc) is 2.15. The van der Waals surface area contributed by atoms with E-state index in [0.29, 0.717) is 0 Å². The third kappa shape index (κ3) is 6.95. The van der Waals surface area contributed by atoms with Gasteiger partial charge in [-0.25, -0.2) is 0 Å². The molecule has 0 aromatic heterocycles. The number of unbranched alkanes of at least 4 members (excludes halogenated alkanes) is 3. The first-order valence-electron chi connectivity index (χ1n) is 5.08. The second kappa shape index (κ2) is 8.07. The lowest BCUT2D eigenvalue weighted by atomic mass is 10.0. The van der Waals surface area contributed by atoms with E-state index in [0.717, 1.165) is 19.3 Å². The Hall–Kier alpha value is 0.910. The van der Waals surface area contributed by atoms with Crippen LogP contribution in [0.4, 0.5) is 0 Å². The normalized spacial score (nSPS) is 13.7. The van der Waals surface area contributed by atoms with Gasteiger partial charge in [-0.15, -0.1) is 0 Å². The highest BCUT2D eigenvalue weighted by Crippen LogP contribution is 2.44. The van der Waals surface area contributed by atoms with Crippen LogP contribution in [0.1, 0.15) is 39.0 Å². The average molecular weight is 409 g/mol. The predicted octanol–water partition coefficient (Wildman–Crippen LogP) is 4.58. The fraction of sp³-hybridized carbons (Fsp3) is 0.900. The summed E-state index contributed by atoms with van der Waals surface area (Å²) in [6, 6.07) is 0. The van der Waals surface area contributed by atoms with Gasteiger partial charge in [-0.1, -0.05) is 80.4 Å². The molecule has 0 spiro atoms. The van der Waals surface area contributed by atoms with Crippen molar-refractivity contribution in [1.29, 1.82) is 0 Å². The minimum atomic E-state index is -0.549. The third-order valence-corrected chi connectivity index (χ3v) is 3.89. The molecule has 0 amide bonds.